The van der Waals surface area contributed by atoms with Crippen molar-refractivity contribution in [3.63, 3.8) is 0 Å². The quantitative estimate of drug-likeness (QED) is 0.672. The second-order valence-electron chi connectivity index (χ2n) is 10.5. The minimum Gasteiger partial charge on any atom is -0.479 e. The van der Waals surface area contributed by atoms with Crippen LogP contribution in [0.1, 0.15) is 57.1 Å². The van der Waals surface area contributed by atoms with Gasteiger partial charge in [0.2, 0.25) is 5.91 Å². The van der Waals surface area contributed by atoms with Gasteiger partial charge in [-0.15, -0.1) is 0 Å². The summed E-state index contributed by atoms with van der Waals surface area (Å²) in [7, 11) is 0. The highest BCUT2D eigenvalue weighted by atomic mass is 16.5. The fourth-order valence-electron chi connectivity index (χ4n) is 6.18. The molecule has 2 bridgehead atoms. The van der Waals surface area contributed by atoms with Crippen molar-refractivity contribution in [1.29, 1.82) is 0 Å². The summed E-state index contributed by atoms with van der Waals surface area (Å²) in [6.45, 7) is 5.99. The number of hydrogen-bond acceptors (Lipinski definition) is 4. The Bertz CT molecular complexity index is 1140. The van der Waals surface area contributed by atoms with Gasteiger partial charge in [0, 0.05) is 12.5 Å². The Kier molecular flexibility index (Phi) is 5.01. The van der Waals surface area contributed by atoms with Crippen molar-refractivity contribution in [2.45, 2.75) is 57.0 Å². The SMILES string of the molecule is CCC(C)(NC(=O)OCC1c2ccccc2-c2ccccc21)C(=O)N1CC2(C)CC1(C(=O)O)C2. The summed E-state index contributed by atoms with van der Waals surface area (Å²) in [4.78, 5) is 39.8. The van der Waals surface area contributed by atoms with E-state index in [9.17, 15) is 19.5 Å². The van der Waals surface area contributed by atoms with Gasteiger partial charge in [-0.05, 0) is 53.9 Å². The molecular weight excluding hydrogens is 432 g/mol. The van der Waals surface area contributed by atoms with Crippen molar-refractivity contribution in [1.82, 2.24) is 10.2 Å². The largest absolute Gasteiger partial charge is 0.479 e. The summed E-state index contributed by atoms with van der Waals surface area (Å²) >= 11 is 0. The monoisotopic (exact) mass is 462 g/mol. The van der Waals surface area contributed by atoms with E-state index in [2.05, 4.69) is 17.4 Å². The molecule has 0 radical (unpaired) electrons. The zero-order valence-electron chi connectivity index (χ0n) is 19.8. The lowest BCUT2D eigenvalue weighted by atomic mass is 9.63. The first-order chi connectivity index (χ1) is 16.1. The molecule has 1 atom stereocenters. The number of nitrogens with one attached hydrogen (secondary N) is 1. The standard InChI is InChI=1S/C27H30N2O5/c1-4-26(3,22(30)29-16-25(2)14-27(29,15-25)23(31)32)28-24(33)34-13-21-19-11-7-5-9-17(19)18-10-6-8-12-20(18)21/h5-12,21H,4,13-16H2,1-3H3,(H,28,33)(H,31,32). The topological polar surface area (TPSA) is 95.9 Å². The summed E-state index contributed by atoms with van der Waals surface area (Å²) in [6, 6.07) is 16.2. The fourth-order valence-corrected chi connectivity index (χ4v) is 6.18. The number of ether oxygens (including phenoxy) is 1. The van der Waals surface area contributed by atoms with E-state index < -0.39 is 23.1 Å². The number of carboxylic acid groups (broad SMARTS) is 1. The normalized spacial score (nSPS) is 26.1. The van der Waals surface area contributed by atoms with Crippen LogP contribution < -0.4 is 5.32 Å². The summed E-state index contributed by atoms with van der Waals surface area (Å²) < 4.78 is 5.64. The number of amides is 2. The van der Waals surface area contributed by atoms with Gasteiger partial charge in [0.05, 0.1) is 0 Å². The maximum absolute atomic E-state index is 13.5. The molecule has 6 rings (SSSR count). The van der Waals surface area contributed by atoms with Crippen molar-refractivity contribution < 1.29 is 24.2 Å². The lowest BCUT2D eigenvalue weighted by Crippen LogP contribution is -2.63. The van der Waals surface area contributed by atoms with Crippen LogP contribution in [-0.4, -0.2) is 52.2 Å². The zero-order chi connectivity index (χ0) is 24.3. The number of rotatable bonds is 6. The third-order valence-electron chi connectivity index (χ3n) is 8.04. The lowest BCUT2D eigenvalue weighted by molar-refractivity contribution is -0.162. The van der Waals surface area contributed by atoms with Crippen LogP contribution in [-0.2, 0) is 14.3 Å². The van der Waals surface area contributed by atoms with Crippen LogP contribution in [0.2, 0.25) is 0 Å². The average molecular weight is 463 g/mol. The average Bonchev–Trinajstić information content (AvgIpc) is 3.40. The molecule has 2 N–H and O–H groups in total. The highest BCUT2D eigenvalue weighted by molar-refractivity contribution is 5.96. The Hall–Kier alpha value is -3.35. The third-order valence-corrected chi connectivity index (χ3v) is 8.04. The Morgan fingerprint density at radius 1 is 1.09 bits per heavy atom. The second-order valence-corrected chi connectivity index (χ2v) is 10.5. The van der Waals surface area contributed by atoms with Gasteiger partial charge in [-0.25, -0.2) is 9.59 Å². The molecule has 0 aromatic heterocycles. The van der Waals surface area contributed by atoms with Gasteiger partial charge in [-0.1, -0.05) is 62.4 Å². The van der Waals surface area contributed by atoms with Crippen molar-refractivity contribution >= 4 is 18.0 Å². The van der Waals surface area contributed by atoms with Crippen molar-refractivity contribution in [3.05, 3.63) is 59.7 Å². The molecule has 34 heavy (non-hydrogen) atoms. The molecule has 2 aromatic rings. The van der Waals surface area contributed by atoms with Gasteiger partial charge in [0.15, 0.2) is 0 Å². The van der Waals surface area contributed by atoms with Crippen LogP contribution in [0.3, 0.4) is 0 Å². The zero-order valence-corrected chi connectivity index (χ0v) is 19.8. The Labute approximate surface area is 199 Å². The first-order valence-electron chi connectivity index (χ1n) is 11.8. The Balaban J connectivity index is 1.30. The number of aliphatic carboxylic acids is 1. The number of fused-ring (bicyclic) bond motifs is 4. The summed E-state index contributed by atoms with van der Waals surface area (Å²) in [5.74, 6) is -1.43. The summed E-state index contributed by atoms with van der Waals surface area (Å²) in [5.41, 5.74) is 1.91. The number of alkyl carbamates (subject to hydrolysis) is 1. The fraction of sp³-hybridized carbons (Fsp3) is 0.444. The molecule has 4 aliphatic rings. The van der Waals surface area contributed by atoms with E-state index in [1.165, 1.54) is 4.90 Å². The second kappa shape index (κ2) is 7.58. The van der Waals surface area contributed by atoms with Crippen LogP contribution in [0.15, 0.2) is 48.5 Å². The first kappa shape index (κ1) is 22.4. The smallest absolute Gasteiger partial charge is 0.408 e. The number of carbonyl (C=O) groups is 3. The molecule has 1 unspecified atom stereocenters. The number of carboxylic acids is 1. The van der Waals surface area contributed by atoms with Gasteiger partial charge < -0.3 is 20.1 Å². The maximum Gasteiger partial charge on any atom is 0.408 e. The lowest BCUT2D eigenvalue weighted by Gasteiger charge is -2.44. The van der Waals surface area contributed by atoms with Crippen LogP contribution in [0.4, 0.5) is 4.79 Å². The molecule has 2 aliphatic carbocycles. The van der Waals surface area contributed by atoms with E-state index in [4.69, 9.17) is 4.74 Å². The highest BCUT2D eigenvalue weighted by Crippen LogP contribution is 2.59. The highest BCUT2D eigenvalue weighted by Gasteiger charge is 2.69. The van der Waals surface area contributed by atoms with Gasteiger partial charge in [-0.2, -0.15) is 0 Å². The number of nitrogens with zero attached hydrogens (tertiary/aromatic N) is 1. The van der Waals surface area contributed by atoms with Gasteiger partial charge in [-0.3, -0.25) is 4.79 Å². The summed E-state index contributed by atoms with van der Waals surface area (Å²) in [6.07, 6.45) is 0.540. The van der Waals surface area contributed by atoms with Crippen LogP contribution in [0.25, 0.3) is 11.1 Å². The number of hydrogen-bond donors (Lipinski definition) is 2. The molecule has 178 valence electrons. The minimum atomic E-state index is -1.25. The predicted molar refractivity (Wildman–Crippen MR) is 126 cm³/mol. The molecule has 3 fully saturated rings. The Morgan fingerprint density at radius 3 is 2.18 bits per heavy atom. The minimum absolute atomic E-state index is 0.0808. The molecule has 7 heteroatoms. The van der Waals surface area contributed by atoms with E-state index in [1.807, 2.05) is 43.3 Å². The van der Waals surface area contributed by atoms with Crippen molar-refractivity contribution in [3.8, 4) is 11.1 Å². The summed E-state index contributed by atoms with van der Waals surface area (Å²) in [5, 5.41) is 12.6. The van der Waals surface area contributed by atoms with Gasteiger partial charge in [0.1, 0.15) is 17.7 Å². The van der Waals surface area contributed by atoms with Crippen LogP contribution in [0, 0.1) is 5.41 Å². The van der Waals surface area contributed by atoms with Gasteiger partial charge in [0.25, 0.3) is 0 Å². The molecule has 2 amide bonds. The maximum atomic E-state index is 13.5. The molecule has 7 nitrogen and oxygen atoms in total. The molecular formula is C27H30N2O5. The predicted octanol–water partition coefficient (Wildman–Crippen LogP) is 4.16. The van der Waals surface area contributed by atoms with Crippen LogP contribution >= 0.6 is 0 Å². The molecule has 2 aromatic carbocycles. The van der Waals surface area contributed by atoms with E-state index in [1.54, 1.807) is 13.8 Å². The number of carbonyl (C=O) groups excluding carboxylic acids is 2. The van der Waals surface area contributed by atoms with E-state index in [-0.39, 0.29) is 23.8 Å². The van der Waals surface area contributed by atoms with Crippen molar-refractivity contribution in [2.75, 3.05) is 13.2 Å². The molecule has 2 heterocycles. The molecule has 0 spiro atoms. The van der Waals surface area contributed by atoms with Crippen LogP contribution in [0.5, 0.6) is 0 Å². The third kappa shape index (κ3) is 3.21. The molecule has 1 saturated carbocycles. The van der Waals surface area contributed by atoms with Gasteiger partial charge >= 0.3 is 12.1 Å². The molecule has 2 aliphatic heterocycles. The first-order valence-corrected chi connectivity index (χ1v) is 11.8. The van der Waals surface area contributed by atoms with E-state index in [0.29, 0.717) is 25.8 Å². The molecule has 2 saturated heterocycles. The van der Waals surface area contributed by atoms with Crippen molar-refractivity contribution in [2.24, 2.45) is 5.41 Å². The van der Waals surface area contributed by atoms with E-state index >= 15 is 0 Å². The van der Waals surface area contributed by atoms with E-state index in [0.717, 1.165) is 22.3 Å². The Morgan fingerprint density at radius 2 is 1.65 bits per heavy atom. The number of benzene rings is 2.